The Bertz CT molecular complexity index is 701. The van der Waals surface area contributed by atoms with E-state index in [9.17, 15) is 4.79 Å². The molecule has 1 aliphatic carbocycles. The van der Waals surface area contributed by atoms with Crippen LogP contribution in [0.1, 0.15) is 49.4 Å². The monoisotopic (exact) mass is 291 g/mol. The molecule has 5 heteroatoms. The predicted molar refractivity (Wildman–Crippen MR) is 83.8 cm³/mol. The van der Waals surface area contributed by atoms with Gasteiger partial charge in [0, 0.05) is 11.3 Å². The quantitative estimate of drug-likeness (QED) is 0.884. The number of aromatic nitrogens is 2. The first kappa shape index (κ1) is 13.6. The van der Waals surface area contributed by atoms with Crippen LogP contribution in [0.2, 0.25) is 0 Å². The van der Waals surface area contributed by atoms with Gasteiger partial charge in [-0.3, -0.25) is 4.79 Å². The van der Waals surface area contributed by atoms with Crippen molar-refractivity contribution in [3.63, 3.8) is 0 Å². The van der Waals surface area contributed by atoms with Crippen molar-refractivity contribution in [2.75, 3.05) is 5.84 Å². The third-order valence-corrected chi connectivity index (χ3v) is 5.37. The lowest BCUT2D eigenvalue weighted by atomic mass is 9.89. The Balaban J connectivity index is 2.17. The molecule has 3 rings (SSSR count). The molecule has 0 aromatic carbocycles. The van der Waals surface area contributed by atoms with E-state index in [1.807, 2.05) is 0 Å². The molecule has 1 atom stereocenters. The number of nitrogens with two attached hydrogens (primary N) is 1. The molecule has 0 saturated carbocycles. The second kappa shape index (κ2) is 5.20. The van der Waals surface area contributed by atoms with Crippen LogP contribution in [0.5, 0.6) is 0 Å². The van der Waals surface area contributed by atoms with Crippen molar-refractivity contribution in [2.24, 2.45) is 5.92 Å². The van der Waals surface area contributed by atoms with Gasteiger partial charge in [0.25, 0.3) is 5.56 Å². The molecular weight excluding hydrogens is 270 g/mol. The minimum Gasteiger partial charge on any atom is -0.335 e. The number of fused-ring (bicyclic) bond motifs is 3. The number of hydrogen-bond acceptors (Lipinski definition) is 4. The molecule has 0 aliphatic heterocycles. The van der Waals surface area contributed by atoms with Crippen LogP contribution in [0.25, 0.3) is 10.2 Å². The van der Waals surface area contributed by atoms with Crippen molar-refractivity contribution in [1.29, 1.82) is 0 Å². The topological polar surface area (TPSA) is 60.9 Å². The number of unbranched alkanes of at least 4 members (excludes halogenated alkanes) is 1. The highest BCUT2D eigenvalue weighted by Gasteiger charge is 2.24. The van der Waals surface area contributed by atoms with Crippen LogP contribution >= 0.6 is 11.3 Å². The molecule has 2 N–H and O–H groups in total. The SMILES string of the molecule is CCCCc1nc2sc3c(c2c(=O)n1N)C[C@H](C)CC3. The number of aryl methyl sites for hydroxylation is 2. The Morgan fingerprint density at radius 2 is 2.30 bits per heavy atom. The van der Waals surface area contributed by atoms with Crippen LogP contribution in [0.4, 0.5) is 0 Å². The first-order chi connectivity index (χ1) is 9.61. The molecule has 0 saturated heterocycles. The number of nitrogens with zero attached hydrogens (tertiary/aromatic N) is 2. The highest BCUT2D eigenvalue weighted by Crippen LogP contribution is 2.35. The van der Waals surface area contributed by atoms with E-state index in [1.165, 1.54) is 21.5 Å². The second-order valence-corrected chi connectivity index (χ2v) is 6.92. The number of hydrogen-bond donors (Lipinski definition) is 1. The van der Waals surface area contributed by atoms with Gasteiger partial charge < -0.3 is 5.84 Å². The molecule has 0 unspecified atom stereocenters. The van der Waals surface area contributed by atoms with E-state index in [4.69, 9.17) is 5.84 Å². The van der Waals surface area contributed by atoms with Crippen molar-refractivity contribution in [2.45, 2.75) is 52.4 Å². The molecule has 0 radical (unpaired) electrons. The lowest BCUT2D eigenvalue weighted by Gasteiger charge is -2.17. The average molecular weight is 291 g/mol. The van der Waals surface area contributed by atoms with E-state index >= 15 is 0 Å². The third kappa shape index (κ3) is 2.14. The molecule has 108 valence electrons. The van der Waals surface area contributed by atoms with Gasteiger partial charge in [-0.1, -0.05) is 20.3 Å². The lowest BCUT2D eigenvalue weighted by Crippen LogP contribution is -2.32. The molecule has 0 fully saturated rings. The van der Waals surface area contributed by atoms with Gasteiger partial charge in [-0.15, -0.1) is 11.3 Å². The maximum absolute atomic E-state index is 12.6. The second-order valence-electron chi connectivity index (χ2n) is 5.84. The summed E-state index contributed by atoms with van der Waals surface area (Å²) in [4.78, 5) is 19.4. The number of nitrogen functional groups attached to an aromatic ring is 1. The van der Waals surface area contributed by atoms with Crippen LogP contribution in [0.15, 0.2) is 4.79 Å². The molecule has 0 amide bonds. The van der Waals surface area contributed by atoms with Crippen LogP contribution in [-0.4, -0.2) is 9.66 Å². The first-order valence-electron chi connectivity index (χ1n) is 7.43. The highest BCUT2D eigenvalue weighted by atomic mass is 32.1. The Kier molecular flexibility index (Phi) is 3.54. The fourth-order valence-electron chi connectivity index (χ4n) is 2.96. The van der Waals surface area contributed by atoms with E-state index in [0.717, 1.165) is 48.1 Å². The predicted octanol–water partition coefficient (Wildman–Crippen LogP) is 2.64. The summed E-state index contributed by atoms with van der Waals surface area (Å²) in [5, 5.41) is 0.777. The lowest BCUT2D eigenvalue weighted by molar-refractivity contribution is 0.508. The molecule has 1 aliphatic rings. The number of rotatable bonds is 3. The summed E-state index contributed by atoms with van der Waals surface area (Å²) in [6.07, 6.45) is 6.13. The minimum atomic E-state index is -0.0623. The van der Waals surface area contributed by atoms with E-state index in [1.54, 1.807) is 11.3 Å². The van der Waals surface area contributed by atoms with Gasteiger partial charge in [0.1, 0.15) is 10.7 Å². The van der Waals surface area contributed by atoms with E-state index in [2.05, 4.69) is 18.8 Å². The number of thiophene rings is 1. The van der Waals surface area contributed by atoms with Gasteiger partial charge in [0.05, 0.1) is 5.39 Å². The van der Waals surface area contributed by atoms with Crippen molar-refractivity contribution >= 4 is 21.6 Å². The summed E-state index contributed by atoms with van der Waals surface area (Å²) < 4.78 is 1.27. The molecule has 0 spiro atoms. The third-order valence-electron chi connectivity index (χ3n) is 4.18. The average Bonchev–Trinajstić information content (AvgIpc) is 2.78. The van der Waals surface area contributed by atoms with Crippen molar-refractivity contribution in [3.8, 4) is 0 Å². The summed E-state index contributed by atoms with van der Waals surface area (Å²) in [6, 6.07) is 0. The van der Waals surface area contributed by atoms with Gasteiger partial charge in [-0.2, -0.15) is 0 Å². The normalized spacial score (nSPS) is 18.4. The standard InChI is InChI=1S/C15H21N3OS/c1-3-4-5-12-17-14-13(15(19)18(12)16)10-8-9(2)6-7-11(10)20-14/h9H,3-8,16H2,1-2H3/t9-/m1/s1. The minimum absolute atomic E-state index is 0.0623. The Labute approximate surface area is 122 Å². The first-order valence-corrected chi connectivity index (χ1v) is 8.24. The summed E-state index contributed by atoms with van der Waals surface area (Å²) in [5.74, 6) is 7.33. The summed E-state index contributed by atoms with van der Waals surface area (Å²) in [5.41, 5.74) is 1.15. The largest absolute Gasteiger partial charge is 0.335 e. The van der Waals surface area contributed by atoms with Crippen LogP contribution in [-0.2, 0) is 19.3 Å². The van der Waals surface area contributed by atoms with Crippen LogP contribution in [0.3, 0.4) is 0 Å². The van der Waals surface area contributed by atoms with Crippen molar-refractivity contribution < 1.29 is 0 Å². The maximum atomic E-state index is 12.6. The van der Waals surface area contributed by atoms with Crippen molar-refractivity contribution in [1.82, 2.24) is 9.66 Å². The summed E-state index contributed by atoms with van der Waals surface area (Å²) in [6.45, 7) is 4.37. The molecule has 4 nitrogen and oxygen atoms in total. The van der Waals surface area contributed by atoms with E-state index in [0.29, 0.717) is 5.92 Å². The van der Waals surface area contributed by atoms with Crippen molar-refractivity contribution in [3.05, 3.63) is 26.6 Å². The zero-order valence-electron chi connectivity index (χ0n) is 12.1. The van der Waals surface area contributed by atoms with Crippen LogP contribution < -0.4 is 11.4 Å². The van der Waals surface area contributed by atoms with Gasteiger partial charge in [0.2, 0.25) is 0 Å². The van der Waals surface area contributed by atoms with Gasteiger partial charge in [-0.25, -0.2) is 9.66 Å². The van der Waals surface area contributed by atoms with Crippen LogP contribution in [0, 0.1) is 5.92 Å². The Hall–Kier alpha value is -1.36. The summed E-state index contributed by atoms with van der Waals surface area (Å²) in [7, 11) is 0. The molecule has 2 aromatic rings. The van der Waals surface area contributed by atoms with E-state index in [-0.39, 0.29) is 5.56 Å². The smallest absolute Gasteiger partial charge is 0.280 e. The van der Waals surface area contributed by atoms with Gasteiger partial charge >= 0.3 is 0 Å². The zero-order valence-corrected chi connectivity index (χ0v) is 12.9. The fourth-order valence-corrected chi connectivity index (χ4v) is 4.19. The highest BCUT2D eigenvalue weighted by molar-refractivity contribution is 7.18. The zero-order chi connectivity index (χ0) is 14.3. The molecule has 0 bridgehead atoms. The molecule has 2 aromatic heterocycles. The van der Waals surface area contributed by atoms with Gasteiger partial charge in [0.15, 0.2) is 0 Å². The Morgan fingerprint density at radius 3 is 3.05 bits per heavy atom. The molecular formula is C15H21N3OS. The van der Waals surface area contributed by atoms with Gasteiger partial charge in [-0.05, 0) is 37.2 Å². The maximum Gasteiger partial charge on any atom is 0.280 e. The van der Waals surface area contributed by atoms with E-state index < -0.39 is 0 Å². The summed E-state index contributed by atoms with van der Waals surface area (Å²) >= 11 is 1.69. The Morgan fingerprint density at radius 1 is 1.50 bits per heavy atom. The molecule has 2 heterocycles. The molecule has 20 heavy (non-hydrogen) atoms. The fraction of sp³-hybridized carbons (Fsp3) is 0.600.